The van der Waals surface area contributed by atoms with Crippen LogP contribution in [-0.2, 0) is 14.3 Å². The number of anilines is 1. The number of ether oxygens (including phenoxy) is 2. The van der Waals surface area contributed by atoms with Gasteiger partial charge in [0.1, 0.15) is 12.7 Å². The maximum atomic E-state index is 11.9. The van der Waals surface area contributed by atoms with Gasteiger partial charge in [0.15, 0.2) is 0 Å². The van der Waals surface area contributed by atoms with E-state index in [0.29, 0.717) is 28.9 Å². The van der Waals surface area contributed by atoms with Crippen molar-refractivity contribution in [2.75, 3.05) is 31.2 Å². The molecule has 0 saturated carbocycles. The van der Waals surface area contributed by atoms with Gasteiger partial charge < -0.3 is 14.8 Å². The number of halogens is 2. The highest BCUT2D eigenvalue weighted by Crippen LogP contribution is 2.29. The van der Waals surface area contributed by atoms with Crippen molar-refractivity contribution in [3.63, 3.8) is 0 Å². The van der Waals surface area contributed by atoms with Gasteiger partial charge in [0.05, 0.1) is 23.1 Å². The predicted molar refractivity (Wildman–Crippen MR) is 83.6 cm³/mol. The molecule has 2 rings (SSSR count). The van der Waals surface area contributed by atoms with Crippen LogP contribution in [0.4, 0.5) is 10.5 Å². The highest BCUT2D eigenvalue weighted by atomic mass is 35.5. The van der Waals surface area contributed by atoms with Crippen LogP contribution in [0.5, 0.6) is 0 Å². The Balaban J connectivity index is 1.90. The molecule has 1 saturated heterocycles. The van der Waals surface area contributed by atoms with Gasteiger partial charge in [0, 0.05) is 12.3 Å². The van der Waals surface area contributed by atoms with Crippen LogP contribution >= 0.6 is 23.2 Å². The van der Waals surface area contributed by atoms with Crippen molar-refractivity contribution in [2.45, 2.75) is 13.0 Å². The van der Waals surface area contributed by atoms with E-state index in [1.165, 1.54) is 4.90 Å². The molecule has 22 heavy (non-hydrogen) atoms. The largest absolute Gasteiger partial charge is 0.442 e. The number of benzene rings is 1. The Bertz CT molecular complexity index is 568. The van der Waals surface area contributed by atoms with Gasteiger partial charge in [-0.15, -0.1) is 0 Å². The molecule has 2 amide bonds. The van der Waals surface area contributed by atoms with Crippen LogP contribution in [0.15, 0.2) is 18.2 Å². The molecule has 1 heterocycles. The molecule has 1 aliphatic heterocycles. The van der Waals surface area contributed by atoms with Crippen LogP contribution in [0.1, 0.15) is 6.92 Å². The molecule has 0 bridgehead atoms. The van der Waals surface area contributed by atoms with Crippen LogP contribution in [0.3, 0.4) is 0 Å². The van der Waals surface area contributed by atoms with E-state index in [1.54, 1.807) is 25.1 Å². The fourth-order valence-corrected chi connectivity index (χ4v) is 2.26. The summed E-state index contributed by atoms with van der Waals surface area (Å²) in [6.45, 7) is 2.83. The molecule has 0 spiro atoms. The van der Waals surface area contributed by atoms with Gasteiger partial charge >= 0.3 is 6.09 Å². The number of carbonyl (C=O) groups is 2. The first-order chi connectivity index (χ1) is 10.5. The Morgan fingerprint density at radius 3 is 2.91 bits per heavy atom. The number of cyclic esters (lactones) is 1. The van der Waals surface area contributed by atoms with Gasteiger partial charge in [-0.3, -0.25) is 9.69 Å². The van der Waals surface area contributed by atoms with E-state index in [1.807, 2.05) is 0 Å². The Labute approximate surface area is 138 Å². The van der Waals surface area contributed by atoms with Crippen LogP contribution < -0.4 is 10.2 Å². The third-order valence-electron chi connectivity index (χ3n) is 3.05. The Hall–Kier alpha value is -1.50. The van der Waals surface area contributed by atoms with Crippen molar-refractivity contribution >= 4 is 40.9 Å². The molecule has 120 valence electrons. The first-order valence-corrected chi connectivity index (χ1v) is 7.54. The van der Waals surface area contributed by atoms with E-state index in [-0.39, 0.29) is 19.1 Å². The minimum absolute atomic E-state index is 0.00628. The molecule has 0 radical (unpaired) electrons. The first-order valence-electron chi connectivity index (χ1n) is 6.79. The van der Waals surface area contributed by atoms with E-state index < -0.39 is 12.2 Å². The highest BCUT2D eigenvalue weighted by Gasteiger charge is 2.32. The van der Waals surface area contributed by atoms with E-state index in [2.05, 4.69) is 5.32 Å². The van der Waals surface area contributed by atoms with Crippen LogP contribution in [0.2, 0.25) is 10.0 Å². The van der Waals surface area contributed by atoms with E-state index in [9.17, 15) is 9.59 Å². The zero-order chi connectivity index (χ0) is 16.1. The molecule has 6 nitrogen and oxygen atoms in total. The minimum atomic E-state index is -0.484. The lowest BCUT2D eigenvalue weighted by molar-refractivity contribution is -0.125. The van der Waals surface area contributed by atoms with Gasteiger partial charge in [0.2, 0.25) is 5.91 Å². The summed E-state index contributed by atoms with van der Waals surface area (Å²) in [4.78, 5) is 24.8. The number of hydrogen-bond donors (Lipinski definition) is 1. The molecule has 1 aliphatic rings. The Kier molecular flexibility index (Phi) is 5.88. The summed E-state index contributed by atoms with van der Waals surface area (Å²) < 4.78 is 10.2. The molecule has 1 aromatic rings. The summed E-state index contributed by atoms with van der Waals surface area (Å²) in [7, 11) is 0. The van der Waals surface area contributed by atoms with Gasteiger partial charge in [-0.2, -0.15) is 0 Å². The quantitative estimate of drug-likeness (QED) is 0.859. The second-order valence-corrected chi connectivity index (χ2v) is 5.47. The number of nitrogens with zero attached hydrogens (tertiary/aromatic N) is 1. The molecule has 0 aromatic heterocycles. The second-order valence-electron chi connectivity index (χ2n) is 4.66. The smallest absolute Gasteiger partial charge is 0.414 e. The summed E-state index contributed by atoms with van der Waals surface area (Å²) in [6.07, 6.45) is -0.907. The van der Waals surface area contributed by atoms with Crippen molar-refractivity contribution in [1.29, 1.82) is 0 Å². The van der Waals surface area contributed by atoms with Crippen LogP contribution in [0.25, 0.3) is 0 Å². The molecule has 0 aliphatic carbocycles. The van der Waals surface area contributed by atoms with Crippen molar-refractivity contribution in [3.05, 3.63) is 28.2 Å². The van der Waals surface area contributed by atoms with E-state index >= 15 is 0 Å². The van der Waals surface area contributed by atoms with Gasteiger partial charge in [0.25, 0.3) is 0 Å². The molecule has 8 heteroatoms. The summed E-state index contributed by atoms with van der Waals surface area (Å²) in [6, 6.07) is 4.90. The number of nitrogens with one attached hydrogen (secondary N) is 1. The topological polar surface area (TPSA) is 67.9 Å². The third kappa shape index (κ3) is 4.25. The first kappa shape index (κ1) is 16.9. The zero-order valence-corrected chi connectivity index (χ0v) is 13.5. The SMILES string of the molecule is CCOCC(=O)NC[C@@H]1CN(c2ccc(Cl)c(Cl)c2)C(=O)O1. The molecule has 1 N–H and O–H groups in total. The molecule has 1 fully saturated rings. The monoisotopic (exact) mass is 346 g/mol. The highest BCUT2D eigenvalue weighted by molar-refractivity contribution is 6.42. The molecule has 1 aromatic carbocycles. The molecule has 0 unspecified atom stereocenters. The average molecular weight is 347 g/mol. The Morgan fingerprint density at radius 1 is 1.45 bits per heavy atom. The second kappa shape index (κ2) is 7.67. The molecule has 1 atom stereocenters. The number of amides is 2. The maximum Gasteiger partial charge on any atom is 0.414 e. The predicted octanol–water partition coefficient (Wildman–Crippen LogP) is 2.47. The number of hydrogen-bond acceptors (Lipinski definition) is 4. The Morgan fingerprint density at radius 2 is 2.23 bits per heavy atom. The number of carbonyl (C=O) groups excluding carboxylic acids is 2. The average Bonchev–Trinajstić information content (AvgIpc) is 2.87. The summed E-state index contributed by atoms with van der Waals surface area (Å²) in [5, 5.41) is 3.43. The van der Waals surface area contributed by atoms with Crippen LogP contribution in [0, 0.1) is 0 Å². The number of rotatable bonds is 6. The molecular weight excluding hydrogens is 331 g/mol. The lowest BCUT2D eigenvalue weighted by Gasteiger charge is -2.13. The summed E-state index contributed by atoms with van der Waals surface area (Å²) >= 11 is 11.8. The maximum absolute atomic E-state index is 11.9. The summed E-state index contributed by atoms with van der Waals surface area (Å²) in [5.74, 6) is -0.245. The normalized spacial score (nSPS) is 17.5. The van der Waals surface area contributed by atoms with Gasteiger partial charge in [-0.1, -0.05) is 23.2 Å². The minimum Gasteiger partial charge on any atom is -0.442 e. The van der Waals surface area contributed by atoms with Crippen molar-refractivity contribution in [2.24, 2.45) is 0 Å². The van der Waals surface area contributed by atoms with Gasteiger partial charge in [-0.25, -0.2) is 4.79 Å². The lowest BCUT2D eigenvalue weighted by atomic mass is 10.2. The third-order valence-corrected chi connectivity index (χ3v) is 3.79. The van der Waals surface area contributed by atoms with Crippen molar-refractivity contribution in [3.8, 4) is 0 Å². The fraction of sp³-hybridized carbons (Fsp3) is 0.429. The lowest BCUT2D eigenvalue weighted by Crippen LogP contribution is -2.36. The van der Waals surface area contributed by atoms with Gasteiger partial charge in [-0.05, 0) is 25.1 Å². The van der Waals surface area contributed by atoms with Crippen LogP contribution in [-0.4, -0.2) is 44.4 Å². The fourth-order valence-electron chi connectivity index (χ4n) is 1.97. The van der Waals surface area contributed by atoms with Crippen molar-refractivity contribution < 1.29 is 19.1 Å². The van der Waals surface area contributed by atoms with E-state index in [0.717, 1.165) is 0 Å². The van der Waals surface area contributed by atoms with E-state index in [4.69, 9.17) is 32.7 Å². The summed E-state index contributed by atoms with van der Waals surface area (Å²) in [5.41, 5.74) is 0.600. The molecular formula is C14H16Cl2N2O4. The van der Waals surface area contributed by atoms with Crippen molar-refractivity contribution in [1.82, 2.24) is 5.32 Å². The standard InChI is InChI=1S/C14H16Cl2N2O4/c1-2-21-8-13(19)17-6-10-7-18(14(20)22-10)9-3-4-11(15)12(16)5-9/h3-5,10H,2,6-8H2,1H3,(H,17,19)/t10-/m1/s1. The zero-order valence-electron chi connectivity index (χ0n) is 12.0.